The van der Waals surface area contributed by atoms with Crippen LogP contribution < -0.4 is 4.90 Å². The van der Waals surface area contributed by atoms with Crippen LogP contribution in [0.1, 0.15) is 54.0 Å². The van der Waals surface area contributed by atoms with Crippen molar-refractivity contribution in [2.24, 2.45) is 0 Å². The maximum atomic E-state index is 13.7. The number of fused-ring (bicyclic) bond motifs is 1. The van der Waals surface area contributed by atoms with E-state index in [1.54, 1.807) is 23.1 Å². The third kappa shape index (κ3) is 5.43. The Bertz CT molecular complexity index is 1340. The fourth-order valence-corrected chi connectivity index (χ4v) is 4.81. The van der Waals surface area contributed by atoms with Crippen LogP contribution in [0.3, 0.4) is 0 Å². The molecule has 1 atom stereocenters. The highest BCUT2D eigenvalue weighted by atomic mass is 79.9. The Kier molecular flexibility index (Phi) is 7.72. The lowest BCUT2D eigenvalue weighted by molar-refractivity contribution is -0.140. The number of ketones is 1. The normalized spacial score (nSPS) is 17.5. The molecule has 1 aliphatic rings. The average Bonchev–Trinajstić information content (AvgIpc) is 3.04. The number of hydrogen-bond donors (Lipinski definition) is 1. The van der Waals surface area contributed by atoms with Gasteiger partial charge in [0.25, 0.3) is 5.91 Å². The first kappa shape index (κ1) is 25.8. The fourth-order valence-electron chi connectivity index (χ4n) is 4.45. The van der Waals surface area contributed by atoms with Crippen LogP contribution >= 0.6 is 15.9 Å². The quantitative estimate of drug-likeness (QED) is 0.250. The van der Waals surface area contributed by atoms with Crippen LogP contribution in [0.2, 0.25) is 0 Å². The predicted octanol–water partition coefficient (Wildman–Crippen LogP) is 6.84. The van der Waals surface area contributed by atoms with Crippen LogP contribution in [0.5, 0.6) is 0 Å². The molecule has 3 aromatic carbocycles. The SMILES string of the molecule is Cc1ccc(C(C)C)cc1CN1C(=O)C(O)(CC(=O)C=CC=Cc2ccccc2)c2cc(Br)ccc21. The highest BCUT2D eigenvalue weighted by molar-refractivity contribution is 9.10. The van der Waals surface area contributed by atoms with Crippen molar-refractivity contribution < 1.29 is 14.7 Å². The molecule has 3 aromatic rings. The summed E-state index contributed by atoms with van der Waals surface area (Å²) in [6, 6.07) is 21.4. The Morgan fingerprint density at radius 1 is 1.06 bits per heavy atom. The zero-order valence-electron chi connectivity index (χ0n) is 20.7. The van der Waals surface area contributed by atoms with Gasteiger partial charge in [0.05, 0.1) is 18.7 Å². The first-order valence-electron chi connectivity index (χ1n) is 12.1. The lowest BCUT2D eigenvalue weighted by Crippen LogP contribution is -2.41. The summed E-state index contributed by atoms with van der Waals surface area (Å²) in [7, 11) is 0. The highest BCUT2D eigenvalue weighted by Crippen LogP contribution is 2.44. The number of benzene rings is 3. The number of halogens is 1. The van der Waals surface area contributed by atoms with Gasteiger partial charge in [0.15, 0.2) is 11.4 Å². The summed E-state index contributed by atoms with van der Waals surface area (Å²) < 4.78 is 0.737. The second-order valence-electron chi connectivity index (χ2n) is 9.53. The Hall–Kier alpha value is -3.28. The number of carbonyl (C=O) groups is 2. The van der Waals surface area contributed by atoms with Crippen LogP contribution in [0, 0.1) is 6.92 Å². The van der Waals surface area contributed by atoms with Gasteiger partial charge in [-0.15, -0.1) is 0 Å². The number of hydrogen-bond acceptors (Lipinski definition) is 3. The molecule has 5 heteroatoms. The van der Waals surface area contributed by atoms with E-state index in [1.807, 2.05) is 55.5 Å². The summed E-state index contributed by atoms with van der Waals surface area (Å²) in [6.45, 7) is 6.61. The number of amides is 1. The van der Waals surface area contributed by atoms with Gasteiger partial charge in [0, 0.05) is 10.0 Å². The number of carbonyl (C=O) groups excluding carboxylic acids is 2. The number of aryl methyl sites for hydroxylation is 1. The van der Waals surface area contributed by atoms with Crippen molar-refractivity contribution in [3.05, 3.63) is 117 Å². The number of aliphatic hydroxyl groups is 1. The van der Waals surface area contributed by atoms with Crippen LogP contribution in [0.15, 0.2) is 89.4 Å². The maximum absolute atomic E-state index is 13.7. The molecular formula is C31H30BrNO3. The van der Waals surface area contributed by atoms with Gasteiger partial charge in [-0.3, -0.25) is 9.59 Å². The van der Waals surface area contributed by atoms with E-state index < -0.39 is 11.5 Å². The zero-order chi connectivity index (χ0) is 25.9. The van der Waals surface area contributed by atoms with Gasteiger partial charge < -0.3 is 10.0 Å². The third-order valence-electron chi connectivity index (χ3n) is 6.57. The predicted molar refractivity (Wildman–Crippen MR) is 149 cm³/mol. The molecule has 184 valence electrons. The number of nitrogens with zero attached hydrogens (tertiary/aromatic N) is 1. The van der Waals surface area contributed by atoms with Crippen LogP contribution in [0.4, 0.5) is 5.69 Å². The van der Waals surface area contributed by atoms with E-state index >= 15 is 0 Å². The number of allylic oxidation sites excluding steroid dienone is 3. The van der Waals surface area contributed by atoms with Crippen molar-refractivity contribution in [3.8, 4) is 0 Å². The van der Waals surface area contributed by atoms with E-state index in [-0.39, 0.29) is 12.2 Å². The van der Waals surface area contributed by atoms with Crippen LogP contribution in [-0.4, -0.2) is 16.8 Å². The van der Waals surface area contributed by atoms with E-state index in [2.05, 4.69) is 48.0 Å². The first-order chi connectivity index (χ1) is 17.2. The van der Waals surface area contributed by atoms with E-state index in [9.17, 15) is 14.7 Å². The third-order valence-corrected chi connectivity index (χ3v) is 7.07. The van der Waals surface area contributed by atoms with Gasteiger partial charge in [0.1, 0.15) is 0 Å². The Balaban J connectivity index is 1.59. The molecule has 0 saturated heterocycles. The standard InChI is InChI=1S/C31H30BrNO3/c1-21(2)24-14-13-22(3)25(17-24)20-33-29-16-15-26(32)18-28(29)31(36,30(33)35)19-27(34)12-8-7-11-23-9-5-4-6-10-23/h4-18,21,36H,19-20H2,1-3H3. The van der Waals surface area contributed by atoms with Gasteiger partial charge in [-0.1, -0.05) is 96.5 Å². The molecule has 0 radical (unpaired) electrons. The van der Waals surface area contributed by atoms with Crippen molar-refractivity contribution in [2.75, 3.05) is 4.90 Å². The minimum absolute atomic E-state index is 0.325. The largest absolute Gasteiger partial charge is 0.375 e. The number of anilines is 1. The molecule has 36 heavy (non-hydrogen) atoms. The molecule has 0 saturated carbocycles. The fraction of sp³-hybridized carbons (Fsp3) is 0.226. The van der Waals surface area contributed by atoms with Crippen LogP contribution in [0.25, 0.3) is 6.08 Å². The molecule has 1 aliphatic heterocycles. The zero-order valence-corrected chi connectivity index (χ0v) is 22.3. The summed E-state index contributed by atoms with van der Waals surface area (Å²) in [5, 5.41) is 11.6. The summed E-state index contributed by atoms with van der Waals surface area (Å²) in [5.74, 6) is -0.444. The minimum Gasteiger partial charge on any atom is -0.375 e. The van der Waals surface area contributed by atoms with Gasteiger partial charge in [-0.25, -0.2) is 0 Å². The Labute approximate surface area is 221 Å². The van der Waals surface area contributed by atoms with E-state index in [4.69, 9.17) is 0 Å². The van der Waals surface area contributed by atoms with E-state index in [0.717, 1.165) is 21.2 Å². The smallest absolute Gasteiger partial charge is 0.264 e. The monoisotopic (exact) mass is 543 g/mol. The number of rotatable bonds is 8. The molecule has 0 bridgehead atoms. The molecule has 1 amide bonds. The van der Waals surface area contributed by atoms with Crippen molar-refractivity contribution >= 4 is 39.4 Å². The summed E-state index contributed by atoms with van der Waals surface area (Å²) >= 11 is 3.45. The van der Waals surface area contributed by atoms with Crippen molar-refractivity contribution in [1.82, 2.24) is 0 Å². The van der Waals surface area contributed by atoms with Gasteiger partial charge >= 0.3 is 0 Å². The first-order valence-corrected chi connectivity index (χ1v) is 12.8. The Morgan fingerprint density at radius 2 is 1.81 bits per heavy atom. The van der Waals surface area contributed by atoms with E-state index in [0.29, 0.717) is 23.7 Å². The molecule has 1 heterocycles. The molecule has 0 aromatic heterocycles. The molecule has 4 nitrogen and oxygen atoms in total. The van der Waals surface area contributed by atoms with Gasteiger partial charge in [-0.2, -0.15) is 0 Å². The molecule has 0 spiro atoms. The van der Waals surface area contributed by atoms with Crippen molar-refractivity contribution in [1.29, 1.82) is 0 Å². The Morgan fingerprint density at radius 3 is 2.53 bits per heavy atom. The second-order valence-corrected chi connectivity index (χ2v) is 10.4. The summed E-state index contributed by atoms with van der Waals surface area (Å²) in [5.41, 5.74) is 3.45. The average molecular weight is 544 g/mol. The van der Waals surface area contributed by atoms with Crippen LogP contribution in [-0.2, 0) is 21.7 Å². The van der Waals surface area contributed by atoms with Crippen molar-refractivity contribution in [2.45, 2.75) is 45.3 Å². The molecule has 1 unspecified atom stereocenters. The summed E-state index contributed by atoms with van der Waals surface area (Å²) in [4.78, 5) is 28.1. The minimum atomic E-state index is -1.92. The van der Waals surface area contributed by atoms with Gasteiger partial charge in [0.2, 0.25) is 0 Å². The van der Waals surface area contributed by atoms with Gasteiger partial charge in [-0.05, 0) is 59.4 Å². The lowest BCUT2D eigenvalue weighted by Gasteiger charge is -2.23. The highest BCUT2D eigenvalue weighted by Gasteiger charge is 2.50. The second kappa shape index (κ2) is 10.8. The van der Waals surface area contributed by atoms with Crippen molar-refractivity contribution in [3.63, 3.8) is 0 Å². The summed E-state index contributed by atoms with van der Waals surface area (Å²) in [6.07, 6.45) is 6.38. The molecule has 4 rings (SSSR count). The topological polar surface area (TPSA) is 57.6 Å². The molecular weight excluding hydrogens is 514 g/mol. The molecule has 0 aliphatic carbocycles. The van der Waals surface area contributed by atoms with E-state index in [1.165, 1.54) is 11.6 Å². The maximum Gasteiger partial charge on any atom is 0.264 e. The molecule has 0 fully saturated rings. The molecule has 1 N–H and O–H groups in total. The lowest BCUT2D eigenvalue weighted by atomic mass is 9.90.